The van der Waals surface area contributed by atoms with Crippen molar-refractivity contribution in [3.05, 3.63) is 89.5 Å². The second kappa shape index (κ2) is 14.0. The minimum atomic E-state index is -0.867. The molecule has 0 spiro atoms. The van der Waals surface area contributed by atoms with Crippen molar-refractivity contribution >= 4 is 29.6 Å². The topological polar surface area (TPSA) is 118 Å². The second-order valence-corrected chi connectivity index (χ2v) is 8.04. The average Bonchev–Trinajstić information content (AvgIpc) is 2.89. The highest BCUT2D eigenvalue weighted by molar-refractivity contribution is 6.35. The Morgan fingerprint density at radius 1 is 0.892 bits per heavy atom. The molecule has 0 aliphatic heterocycles. The summed E-state index contributed by atoms with van der Waals surface area (Å²) >= 11 is 0. The van der Waals surface area contributed by atoms with E-state index in [9.17, 15) is 14.4 Å². The summed E-state index contributed by atoms with van der Waals surface area (Å²) in [6, 6.07) is 22.1. The fourth-order valence-corrected chi connectivity index (χ4v) is 3.32. The van der Waals surface area contributed by atoms with E-state index in [0.717, 1.165) is 11.1 Å². The molecule has 37 heavy (non-hydrogen) atoms. The third kappa shape index (κ3) is 9.14. The van der Waals surface area contributed by atoms with Gasteiger partial charge in [0.1, 0.15) is 0 Å². The molecule has 0 saturated carbocycles. The van der Waals surface area contributed by atoms with Crippen LogP contribution in [-0.2, 0) is 20.8 Å². The number of hydrogen-bond donors (Lipinski definition) is 3. The molecule has 3 aromatic carbocycles. The molecule has 3 N–H and O–H groups in total. The van der Waals surface area contributed by atoms with Crippen molar-refractivity contribution in [2.45, 2.75) is 20.3 Å². The lowest BCUT2D eigenvalue weighted by atomic mass is 10.1. The summed E-state index contributed by atoms with van der Waals surface area (Å²) < 4.78 is 11.3. The first-order valence-corrected chi connectivity index (χ1v) is 11.9. The molecule has 0 aliphatic carbocycles. The number of anilines is 1. The fraction of sp³-hybridized carbons (Fsp3) is 0.214. The SMILES string of the molecule is CCOc1cc(/C=N\NC(=O)C(=O)NCCc2ccccc2)ccc1OCC(=O)Nc1cccc(C)c1. The predicted molar refractivity (Wildman–Crippen MR) is 142 cm³/mol. The molecule has 0 aliphatic rings. The van der Waals surface area contributed by atoms with Gasteiger partial charge < -0.3 is 20.1 Å². The van der Waals surface area contributed by atoms with Crippen molar-refractivity contribution in [1.82, 2.24) is 10.7 Å². The lowest BCUT2D eigenvalue weighted by Crippen LogP contribution is -2.38. The van der Waals surface area contributed by atoms with Gasteiger partial charge in [0, 0.05) is 12.2 Å². The summed E-state index contributed by atoms with van der Waals surface area (Å²) in [5, 5.41) is 9.19. The quantitative estimate of drug-likeness (QED) is 0.211. The van der Waals surface area contributed by atoms with E-state index in [0.29, 0.717) is 42.3 Å². The van der Waals surface area contributed by atoms with Crippen molar-refractivity contribution in [3.8, 4) is 11.5 Å². The third-order valence-corrected chi connectivity index (χ3v) is 5.06. The number of hydrogen-bond acceptors (Lipinski definition) is 6. The molecule has 0 bridgehead atoms. The van der Waals surface area contributed by atoms with Gasteiger partial charge in [-0.15, -0.1) is 0 Å². The maximum atomic E-state index is 12.3. The summed E-state index contributed by atoms with van der Waals surface area (Å²) in [6.07, 6.45) is 2.00. The number of aryl methyl sites for hydroxylation is 1. The van der Waals surface area contributed by atoms with E-state index in [2.05, 4.69) is 21.2 Å². The number of carbonyl (C=O) groups excluding carboxylic acids is 3. The molecular weight excluding hydrogens is 472 g/mol. The van der Waals surface area contributed by atoms with Gasteiger partial charge in [-0.3, -0.25) is 14.4 Å². The number of ether oxygens (including phenoxy) is 2. The Morgan fingerprint density at radius 2 is 1.70 bits per heavy atom. The van der Waals surface area contributed by atoms with Gasteiger partial charge in [0.25, 0.3) is 5.91 Å². The van der Waals surface area contributed by atoms with Crippen LogP contribution in [0.25, 0.3) is 0 Å². The molecule has 0 aromatic heterocycles. The van der Waals surface area contributed by atoms with Crippen LogP contribution in [0.2, 0.25) is 0 Å². The van der Waals surface area contributed by atoms with E-state index in [-0.39, 0.29) is 12.5 Å². The molecule has 0 saturated heterocycles. The first kappa shape index (κ1) is 26.9. The van der Waals surface area contributed by atoms with Crippen LogP contribution in [0, 0.1) is 6.92 Å². The van der Waals surface area contributed by atoms with Crippen LogP contribution in [-0.4, -0.2) is 43.7 Å². The number of hydrazone groups is 1. The Balaban J connectivity index is 1.49. The summed E-state index contributed by atoms with van der Waals surface area (Å²) in [4.78, 5) is 36.2. The van der Waals surface area contributed by atoms with E-state index in [4.69, 9.17) is 9.47 Å². The van der Waals surface area contributed by atoms with Gasteiger partial charge in [-0.1, -0.05) is 42.5 Å². The number of benzene rings is 3. The van der Waals surface area contributed by atoms with Gasteiger partial charge in [-0.2, -0.15) is 5.10 Å². The van der Waals surface area contributed by atoms with Gasteiger partial charge >= 0.3 is 11.8 Å². The van der Waals surface area contributed by atoms with Crippen LogP contribution in [0.1, 0.15) is 23.6 Å². The van der Waals surface area contributed by atoms with E-state index in [1.165, 1.54) is 6.21 Å². The molecule has 3 amide bonds. The Hall–Kier alpha value is -4.66. The van der Waals surface area contributed by atoms with E-state index < -0.39 is 11.8 Å². The highest BCUT2D eigenvalue weighted by Crippen LogP contribution is 2.28. The Kier molecular flexibility index (Phi) is 10.2. The standard InChI is InChI=1S/C28H30N4O5/c1-3-36-25-17-22(12-13-24(25)37-19-26(33)31-23-11-7-8-20(2)16-23)18-30-32-28(35)27(34)29-15-14-21-9-5-4-6-10-21/h4-13,16-18H,3,14-15,19H2,1-2H3,(H,29,34)(H,31,33)(H,32,35)/b30-18-. The lowest BCUT2D eigenvalue weighted by molar-refractivity contribution is -0.139. The molecule has 0 unspecified atom stereocenters. The average molecular weight is 503 g/mol. The number of carbonyl (C=O) groups is 3. The largest absolute Gasteiger partial charge is 0.490 e. The zero-order chi connectivity index (χ0) is 26.5. The number of nitrogens with zero attached hydrogens (tertiary/aromatic N) is 1. The molecule has 0 heterocycles. The van der Waals surface area contributed by atoms with Gasteiger partial charge in [0.05, 0.1) is 12.8 Å². The maximum Gasteiger partial charge on any atom is 0.329 e. The first-order valence-electron chi connectivity index (χ1n) is 11.9. The molecule has 9 heteroatoms. The van der Waals surface area contributed by atoms with Crippen molar-refractivity contribution in [2.75, 3.05) is 25.1 Å². The highest BCUT2D eigenvalue weighted by Gasteiger charge is 2.12. The predicted octanol–water partition coefficient (Wildman–Crippen LogP) is 3.22. The van der Waals surface area contributed by atoms with Gasteiger partial charge in [-0.05, 0) is 67.3 Å². The van der Waals surface area contributed by atoms with Crippen molar-refractivity contribution in [2.24, 2.45) is 5.10 Å². The van der Waals surface area contributed by atoms with Crippen LogP contribution < -0.4 is 25.5 Å². The monoisotopic (exact) mass is 502 g/mol. The summed E-state index contributed by atoms with van der Waals surface area (Å²) in [5.74, 6) is -1.13. The van der Waals surface area contributed by atoms with Crippen LogP contribution in [0.3, 0.4) is 0 Å². The minimum Gasteiger partial charge on any atom is -0.490 e. The third-order valence-electron chi connectivity index (χ3n) is 5.06. The van der Waals surface area contributed by atoms with Gasteiger partial charge in [0.15, 0.2) is 18.1 Å². The second-order valence-electron chi connectivity index (χ2n) is 8.04. The summed E-state index contributed by atoms with van der Waals surface area (Å²) in [5.41, 5.74) is 5.60. The summed E-state index contributed by atoms with van der Waals surface area (Å²) in [6.45, 7) is 4.29. The highest BCUT2D eigenvalue weighted by atomic mass is 16.5. The molecule has 0 radical (unpaired) electrons. The van der Waals surface area contributed by atoms with Crippen LogP contribution in [0.15, 0.2) is 77.9 Å². The van der Waals surface area contributed by atoms with Crippen molar-refractivity contribution in [1.29, 1.82) is 0 Å². The van der Waals surface area contributed by atoms with Crippen LogP contribution >= 0.6 is 0 Å². The molecule has 3 aromatic rings. The van der Waals surface area contributed by atoms with Crippen LogP contribution in [0.4, 0.5) is 5.69 Å². The Labute approximate surface area is 215 Å². The molecule has 3 rings (SSSR count). The molecular formula is C28H30N4O5. The maximum absolute atomic E-state index is 12.3. The molecule has 192 valence electrons. The smallest absolute Gasteiger partial charge is 0.329 e. The zero-order valence-corrected chi connectivity index (χ0v) is 20.8. The molecule has 0 atom stereocenters. The Bertz CT molecular complexity index is 1240. The van der Waals surface area contributed by atoms with Gasteiger partial charge in [0.2, 0.25) is 0 Å². The van der Waals surface area contributed by atoms with Crippen molar-refractivity contribution in [3.63, 3.8) is 0 Å². The zero-order valence-electron chi connectivity index (χ0n) is 20.8. The van der Waals surface area contributed by atoms with E-state index in [1.54, 1.807) is 24.3 Å². The van der Waals surface area contributed by atoms with E-state index in [1.807, 2.05) is 62.4 Å². The van der Waals surface area contributed by atoms with Crippen molar-refractivity contribution < 1.29 is 23.9 Å². The number of rotatable bonds is 11. The first-order chi connectivity index (χ1) is 17.9. The fourth-order valence-electron chi connectivity index (χ4n) is 3.32. The number of amides is 3. The lowest BCUT2D eigenvalue weighted by Gasteiger charge is -2.13. The van der Waals surface area contributed by atoms with Crippen LogP contribution in [0.5, 0.6) is 11.5 Å². The summed E-state index contributed by atoms with van der Waals surface area (Å²) in [7, 11) is 0. The minimum absolute atomic E-state index is 0.198. The Morgan fingerprint density at radius 3 is 2.46 bits per heavy atom. The van der Waals surface area contributed by atoms with Gasteiger partial charge in [-0.25, -0.2) is 5.43 Å². The number of nitrogens with one attached hydrogen (secondary N) is 3. The normalized spacial score (nSPS) is 10.5. The molecule has 9 nitrogen and oxygen atoms in total. The molecule has 0 fully saturated rings. The van der Waals surface area contributed by atoms with E-state index >= 15 is 0 Å².